The second-order valence-corrected chi connectivity index (χ2v) is 7.47. The molecule has 1 amide bonds. The number of hydrogen-bond donors (Lipinski definition) is 1. The van der Waals surface area contributed by atoms with Crippen LogP contribution in [-0.4, -0.2) is 42.0 Å². The highest BCUT2D eigenvalue weighted by Gasteiger charge is 2.22. The number of carboxylic acids is 1. The van der Waals surface area contributed by atoms with Crippen molar-refractivity contribution in [1.82, 2.24) is 4.90 Å². The minimum absolute atomic E-state index is 0. The molecule has 0 bridgehead atoms. The highest BCUT2D eigenvalue weighted by molar-refractivity contribution is 5.88. The second-order valence-electron chi connectivity index (χ2n) is 7.47. The third-order valence-electron chi connectivity index (χ3n) is 5.61. The summed E-state index contributed by atoms with van der Waals surface area (Å²) in [5, 5.41) is 9.00. The number of carboxylic acid groups (broad SMARTS) is 1. The van der Waals surface area contributed by atoms with Crippen molar-refractivity contribution in [3.8, 4) is 0 Å². The number of nitrogens with zero attached hydrogens (tertiary/aromatic N) is 2. The molecule has 5 nitrogen and oxygen atoms in total. The average Bonchev–Trinajstić information content (AvgIpc) is 2.73. The van der Waals surface area contributed by atoms with E-state index in [1.165, 1.54) is 30.5 Å². The van der Waals surface area contributed by atoms with Gasteiger partial charge in [-0.15, -0.1) is 12.4 Å². The summed E-state index contributed by atoms with van der Waals surface area (Å²) in [6.45, 7) is 4.20. The Labute approximate surface area is 178 Å². The van der Waals surface area contributed by atoms with Crippen LogP contribution in [0.25, 0.3) is 0 Å². The summed E-state index contributed by atoms with van der Waals surface area (Å²) >= 11 is 0. The van der Waals surface area contributed by atoms with Crippen LogP contribution in [0.5, 0.6) is 0 Å². The lowest BCUT2D eigenvalue weighted by Gasteiger charge is -2.34. The molecular formula is C23H29ClN2O3. The molecule has 3 rings (SSSR count). The van der Waals surface area contributed by atoms with E-state index in [1.807, 2.05) is 13.1 Å². The van der Waals surface area contributed by atoms with Gasteiger partial charge in [-0.3, -0.25) is 4.79 Å². The number of halogens is 1. The lowest BCUT2D eigenvalue weighted by molar-refractivity contribution is -0.131. The van der Waals surface area contributed by atoms with Gasteiger partial charge in [0.05, 0.1) is 18.0 Å². The predicted octanol–water partition coefficient (Wildman–Crippen LogP) is 4.56. The van der Waals surface area contributed by atoms with Gasteiger partial charge in [0.2, 0.25) is 5.91 Å². The Hall–Kier alpha value is -2.53. The summed E-state index contributed by atoms with van der Waals surface area (Å²) in [4.78, 5) is 28.0. The van der Waals surface area contributed by atoms with Crippen LogP contribution in [0.4, 0.5) is 5.69 Å². The average molecular weight is 417 g/mol. The van der Waals surface area contributed by atoms with E-state index in [4.69, 9.17) is 5.11 Å². The van der Waals surface area contributed by atoms with Gasteiger partial charge in [-0.25, -0.2) is 4.79 Å². The number of amides is 1. The second kappa shape index (κ2) is 10.3. The Morgan fingerprint density at radius 2 is 1.66 bits per heavy atom. The van der Waals surface area contributed by atoms with E-state index < -0.39 is 5.97 Å². The number of piperidine rings is 1. The normalized spacial score (nSPS) is 14.6. The molecule has 1 heterocycles. The van der Waals surface area contributed by atoms with Crippen LogP contribution < -0.4 is 4.90 Å². The number of rotatable bonds is 6. The summed E-state index contributed by atoms with van der Waals surface area (Å²) in [6.07, 6.45) is 3.97. The molecule has 1 N–H and O–H groups in total. The first kappa shape index (κ1) is 22.8. The molecule has 1 unspecified atom stereocenters. The first-order valence-electron chi connectivity index (χ1n) is 9.89. The van der Waals surface area contributed by atoms with Crippen LogP contribution in [0.3, 0.4) is 0 Å². The van der Waals surface area contributed by atoms with Gasteiger partial charge in [-0.05, 0) is 55.5 Å². The molecule has 0 spiro atoms. The smallest absolute Gasteiger partial charge is 0.335 e. The SMILES string of the molecule is CC(c1ccccc1N1CCCCC1)N(C)C(=O)Cc1ccc(C(=O)O)cc1.Cl. The van der Waals surface area contributed by atoms with Crippen LogP contribution in [0.15, 0.2) is 48.5 Å². The van der Waals surface area contributed by atoms with E-state index in [2.05, 4.69) is 30.0 Å². The number of benzene rings is 2. The molecule has 29 heavy (non-hydrogen) atoms. The maximum atomic E-state index is 12.8. The number of likely N-dealkylation sites (N-methyl/N-ethyl adjacent to an activating group) is 1. The third-order valence-corrected chi connectivity index (χ3v) is 5.61. The van der Waals surface area contributed by atoms with E-state index in [-0.39, 0.29) is 36.3 Å². The molecule has 156 valence electrons. The molecule has 1 aliphatic rings. The zero-order valence-electron chi connectivity index (χ0n) is 17.0. The molecule has 0 aliphatic carbocycles. The Bertz CT molecular complexity index is 832. The van der Waals surface area contributed by atoms with Crippen molar-refractivity contribution in [2.75, 3.05) is 25.0 Å². The molecular weight excluding hydrogens is 388 g/mol. The van der Waals surface area contributed by atoms with Crippen molar-refractivity contribution < 1.29 is 14.7 Å². The number of carbonyl (C=O) groups excluding carboxylic acids is 1. The number of anilines is 1. The largest absolute Gasteiger partial charge is 0.478 e. The molecule has 2 aromatic rings. The summed E-state index contributed by atoms with van der Waals surface area (Å²) < 4.78 is 0. The molecule has 1 saturated heterocycles. The Kier molecular flexibility index (Phi) is 8.09. The topological polar surface area (TPSA) is 60.9 Å². The molecule has 6 heteroatoms. The monoisotopic (exact) mass is 416 g/mol. The fourth-order valence-corrected chi connectivity index (χ4v) is 3.75. The number of aromatic carboxylic acids is 1. The Balaban J connectivity index is 0.00000300. The Morgan fingerprint density at radius 1 is 1.03 bits per heavy atom. The summed E-state index contributed by atoms with van der Waals surface area (Å²) in [7, 11) is 1.84. The first-order valence-corrected chi connectivity index (χ1v) is 9.89. The minimum Gasteiger partial charge on any atom is -0.478 e. The highest BCUT2D eigenvalue weighted by Crippen LogP contribution is 2.31. The van der Waals surface area contributed by atoms with Crippen molar-refractivity contribution in [3.05, 3.63) is 65.2 Å². The Morgan fingerprint density at radius 3 is 2.28 bits per heavy atom. The van der Waals surface area contributed by atoms with Gasteiger partial charge in [0, 0.05) is 25.8 Å². The van der Waals surface area contributed by atoms with Crippen LogP contribution in [0.1, 0.15) is 53.7 Å². The highest BCUT2D eigenvalue weighted by atomic mass is 35.5. The molecule has 2 aromatic carbocycles. The fraction of sp³-hybridized carbons (Fsp3) is 0.391. The van der Waals surface area contributed by atoms with Gasteiger partial charge >= 0.3 is 5.97 Å². The number of carbonyl (C=O) groups is 2. The minimum atomic E-state index is -0.960. The lowest BCUT2D eigenvalue weighted by atomic mass is 10.0. The van der Waals surface area contributed by atoms with E-state index in [9.17, 15) is 9.59 Å². The predicted molar refractivity (Wildman–Crippen MR) is 118 cm³/mol. The zero-order chi connectivity index (χ0) is 20.1. The van der Waals surface area contributed by atoms with E-state index in [1.54, 1.807) is 29.2 Å². The van der Waals surface area contributed by atoms with Crippen LogP contribution in [-0.2, 0) is 11.2 Å². The number of hydrogen-bond acceptors (Lipinski definition) is 3. The van der Waals surface area contributed by atoms with Crippen molar-refractivity contribution in [2.45, 2.75) is 38.6 Å². The maximum absolute atomic E-state index is 12.8. The number of para-hydroxylation sites is 1. The lowest BCUT2D eigenvalue weighted by Crippen LogP contribution is -2.34. The maximum Gasteiger partial charge on any atom is 0.335 e. The van der Waals surface area contributed by atoms with Crippen LogP contribution in [0, 0.1) is 0 Å². The molecule has 1 atom stereocenters. The standard InChI is InChI=1S/C23H28N2O3.ClH/c1-17(20-8-4-5-9-21(20)25-14-6-3-7-15-25)24(2)22(26)16-18-10-12-19(13-11-18)23(27)28;/h4-5,8-13,17H,3,6-7,14-16H2,1-2H3,(H,27,28);1H. The van der Waals surface area contributed by atoms with Crippen molar-refractivity contribution >= 4 is 30.0 Å². The zero-order valence-corrected chi connectivity index (χ0v) is 17.8. The summed E-state index contributed by atoms with van der Waals surface area (Å²) in [5.41, 5.74) is 3.44. The molecule has 1 fully saturated rings. The molecule has 0 saturated carbocycles. The molecule has 0 aromatic heterocycles. The molecule has 1 aliphatic heterocycles. The van der Waals surface area contributed by atoms with Gasteiger partial charge in [0.1, 0.15) is 0 Å². The van der Waals surface area contributed by atoms with Crippen LogP contribution >= 0.6 is 12.4 Å². The first-order chi connectivity index (χ1) is 13.5. The summed E-state index contributed by atoms with van der Waals surface area (Å²) in [6, 6.07) is 14.8. The van der Waals surface area contributed by atoms with Gasteiger partial charge in [0.25, 0.3) is 0 Å². The third kappa shape index (κ3) is 5.51. The van der Waals surface area contributed by atoms with Gasteiger partial charge in [-0.1, -0.05) is 30.3 Å². The van der Waals surface area contributed by atoms with E-state index in [0.29, 0.717) is 0 Å². The molecule has 0 radical (unpaired) electrons. The van der Waals surface area contributed by atoms with Gasteiger partial charge in [0.15, 0.2) is 0 Å². The summed E-state index contributed by atoms with van der Waals surface area (Å²) in [5.74, 6) is -0.943. The van der Waals surface area contributed by atoms with Crippen molar-refractivity contribution in [1.29, 1.82) is 0 Å². The van der Waals surface area contributed by atoms with Crippen LogP contribution in [0.2, 0.25) is 0 Å². The quantitative estimate of drug-likeness (QED) is 0.749. The van der Waals surface area contributed by atoms with Gasteiger partial charge in [-0.2, -0.15) is 0 Å². The van der Waals surface area contributed by atoms with E-state index >= 15 is 0 Å². The van der Waals surface area contributed by atoms with E-state index in [0.717, 1.165) is 18.7 Å². The van der Waals surface area contributed by atoms with Crippen molar-refractivity contribution in [3.63, 3.8) is 0 Å². The fourth-order valence-electron chi connectivity index (χ4n) is 3.75. The van der Waals surface area contributed by atoms with Gasteiger partial charge < -0.3 is 14.9 Å². The van der Waals surface area contributed by atoms with Crippen molar-refractivity contribution in [2.24, 2.45) is 0 Å².